The number of aliphatic hydroxyl groups excluding tert-OH is 1. The summed E-state index contributed by atoms with van der Waals surface area (Å²) in [6, 6.07) is 12.4. The maximum absolute atomic E-state index is 12.7. The highest BCUT2D eigenvalue weighted by molar-refractivity contribution is 6.28. The number of carbonyl (C=O) groups is 2. The molecule has 0 saturated carbocycles. The summed E-state index contributed by atoms with van der Waals surface area (Å²) < 4.78 is 0. The topological polar surface area (TPSA) is 54.4 Å². The Morgan fingerprint density at radius 3 is 2.00 bits per heavy atom. The van der Waals surface area contributed by atoms with E-state index in [0.29, 0.717) is 28.7 Å². The molecule has 0 atom stereocenters. The molecule has 22 heavy (non-hydrogen) atoms. The molecule has 0 aliphatic heterocycles. The number of fused-ring (bicyclic) bond motifs is 2. The van der Waals surface area contributed by atoms with Gasteiger partial charge in [-0.15, -0.1) is 0 Å². The Kier molecular flexibility index (Phi) is 3.45. The van der Waals surface area contributed by atoms with Gasteiger partial charge < -0.3 is 5.11 Å². The fourth-order valence-corrected chi connectivity index (χ4v) is 2.94. The lowest BCUT2D eigenvalue weighted by molar-refractivity contribution is 0.0979. The fraction of sp³-hybridized carbons (Fsp3) is 0.263. The van der Waals surface area contributed by atoms with E-state index in [-0.39, 0.29) is 23.6 Å². The van der Waals surface area contributed by atoms with Crippen LogP contribution in [-0.2, 0) is 5.41 Å². The van der Waals surface area contributed by atoms with Crippen molar-refractivity contribution in [2.24, 2.45) is 0 Å². The Morgan fingerprint density at radius 2 is 1.41 bits per heavy atom. The molecule has 1 aliphatic rings. The second kappa shape index (κ2) is 5.18. The first kappa shape index (κ1) is 14.7. The first-order valence-electron chi connectivity index (χ1n) is 7.39. The van der Waals surface area contributed by atoms with Gasteiger partial charge in [0.1, 0.15) is 0 Å². The maximum atomic E-state index is 12.7. The molecule has 2 aromatic rings. The third-order valence-electron chi connectivity index (χ3n) is 4.44. The molecule has 3 heteroatoms. The first-order chi connectivity index (χ1) is 10.5. The van der Waals surface area contributed by atoms with Gasteiger partial charge in [-0.25, -0.2) is 0 Å². The van der Waals surface area contributed by atoms with Gasteiger partial charge in [-0.1, -0.05) is 44.2 Å². The van der Waals surface area contributed by atoms with Crippen LogP contribution in [0.5, 0.6) is 0 Å². The molecular formula is C19H18O3. The molecule has 0 bridgehead atoms. The van der Waals surface area contributed by atoms with E-state index in [0.717, 1.165) is 5.56 Å². The van der Waals surface area contributed by atoms with Gasteiger partial charge in [-0.3, -0.25) is 9.59 Å². The lowest BCUT2D eigenvalue weighted by atomic mass is 9.77. The van der Waals surface area contributed by atoms with E-state index in [1.165, 1.54) is 0 Å². The molecule has 2 aromatic carbocycles. The fourth-order valence-electron chi connectivity index (χ4n) is 2.94. The molecule has 3 rings (SSSR count). The molecule has 1 aliphatic carbocycles. The monoisotopic (exact) mass is 294 g/mol. The average Bonchev–Trinajstić information content (AvgIpc) is 2.52. The van der Waals surface area contributed by atoms with Gasteiger partial charge in [-0.05, 0) is 29.5 Å². The van der Waals surface area contributed by atoms with E-state index < -0.39 is 0 Å². The molecule has 112 valence electrons. The van der Waals surface area contributed by atoms with Crippen molar-refractivity contribution < 1.29 is 14.7 Å². The van der Waals surface area contributed by atoms with Crippen molar-refractivity contribution >= 4 is 11.6 Å². The Morgan fingerprint density at radius 1 is 0.864 bits per heavy atom. The quantitative estimate of drug-likeness (QED) is 0.807. The van der Waals surface area contributed by atoms with E-state index >= 15 is 0 Å². The SMILES string of the molecule is CC(C)(CCO)c1ccc2c(c1)C(=O)c1ccccc1C2=O. The normalized spacial score (nSPS) is 13.8. The van der Waals surface area contributed by atoms with Crippen LogP contribution >= 0.6 is 0 Å². The Bertz CT molecular complexity index is 772. The number of carbonyl (C=O) groups excluding carboxylic acids is 2. The van der Waals surface area contributed by atoms with Crippen LogP contribution in [0, 0.1) is 0 Å². The molecule has 0 radical (unpaired) electrons. The highest BCUT2D eigenvalue weighted by Gasteiger charge is 2.31. The lowest BCUT2D eigenvalue weighted by Crippen LogP contribution is -2.24. The van der Waals surface area contributed by atoms with E-state index in [2.05, 4.69) is 0 Å². The third kappa shape index (κ3) is 2.18. The van der Waals surface area contributed by atoms with Crippen LogP contribution in [-0.4, -0.2) is 23.3 Å². The number of benzene rings is 2. The number of rotatable bonds is 3. The highest BCUT2D eigenvalue weighted by atomic mass is 16.3. The summed E-state index contributed by atoms with van der Waals surface area (Å²) in [5.41, 5.74) is 2.59. The summed E-state index contributed by atoms with van der Waals surface area (Å²) in [5, 5.41) is 9.20. The van der Waals surface area contributed by atoms with Gasteiger partial charge >= 0.3 is 0 Å². The van der Waals surface area contributed by atoms with Gasteiger partial charge in [0, 0.05) is 28.9 Å². The second-order valence-electron chi connectivity index (χ2n) is 6.32. The van der Waals surface area contributed by atoms with Crippen LogP contribution < -0.4 is 0 Å². The smallest absolute Gasteiger partial charge is 0.194 e. The van der Waals surface area contributed by atoms with Gasteiger partial charge in [0.05, 0.1) is 0 Å². The summed E-state index contributed by atoms with van der Waals surface area (Å²) in [4.78, 5) is 25.2. The largest absolute Gasteiger partial charge is 0.396 e. The zero-order valence-corrected chi connectivity index (χ0v) is 12.7. The molecule has 3 nitrogen and oxygen atoms in total. The molecular weight excluding hydrogens is 276 g/mol. The third-order valence-corrected chi connectivity index (χ3v) is 4.44. The molecule has 0 saturated heterocycles. The van der Waals surface area contributed by atoms with Crippen LogP contribution in [0.15, 0.2) is 42.5 Å². The van der Waals surface area contributed by atoms with E-state index in [9.17, 15) is 14.7 Å². The van der Waals surface area contributed by atoms with Gasteiger partial charge in [0.2, 0.25) is 0 Å². The zero-order valence-electron chi connectivity index (χ0n) is 12.7. The second-order valence-corrected chi connectivity index (χ2v) is 6.32. The minimum atomic E-state index is -0.246. The van der Waals surface area contributed by atoms with E-state index in [1.54, 1.807) is 36.4 Å². The number of hydrogen-bond donors (Lipinski definition) is 1. The van der Waals surface area contributed by atoms with E-state index in [4.69, 9.17) is 0 Å². The lowest BCUT2D eigenvalue weighted by Gasteiger charge is -2.26. The van der Waals surface area contributed by atoms with Crippen molar-refractivity contribution in [3.8, 4) is 0 Å². The molecule has 0 amide bonds. The maximum Gasteiger partial charge on any atom is 0.194 e. The summed E-state index contributed by atoms with van der Waals surface area (Å²) in [6.45, 7) is 4.13. The van der Waals surface area contributed by atoms with Crippen LogP contribution in [0.4, 0.5) is 0 Å². The average molecular weight is 294 g/mol. The van der Waals surface area contributed by atoms with Crippen LogP contribution in [0.1, 0.15) is 57.7 Å². The number of hydrogen-bond acceptors (Lipinski definition) is 3. The predicted molar refractivity (Wildman–Crippen MR) is 84.5 cm³/mol. The van der Waals surface area contributed by atoms with Crippen molar-refractivity contribution in [3.63, 3.8) is 0 Å². The molecule has 1 N–H and O–H groups in total. The Labute approximate surface area is 129 Å². The summed E-state index contributed by atoms with van der Waals surface area (Å²) >= 11 is 0. The zero-order chi connectivity index (χ0) is 15.9. The predicted octanol–water partition coefficient (Wildman–Crippen LogP) is 3.12. The van der Waals surface area contributed by atoms with Gasteiger partial charge in [0.25, 0.3) is 0 Å². The molecule has 0 aromatic heterocycles. The molecule has 0 fully saturated rings. The Hall–Kier alpha value is -2.26. The minimum Gasteiger partial charge on any atom is -0.396 e. The minimum absolute atomic E-state index is 0.0831. The van der Waals surface area contributed by atoms with Crippen LogP contribution in [0.2, 0.25) is 0 Å². The molecule has 0 spiro atoms. The Balaban J connectivity index is 2.14. The van der Waals surface area contributed by atoms with Crippen molar-refractivity contribution in [2.45, 2.75) is 25.7 Å². The van der Waals surface area contributed by atoms with Crippen molar-refractivity contribution in [3.05, 3.63) is 70.3 Å². The molecule has 0 unspecified atom stereocenters. The van der Waals surface area contributed by atoms with E-state index in [1.807, 2.05) is 19.9 Å². The van der Waals surface area contributed by atoms with Crippen molar-refractivity contribution in [2.75, 3.05) is 6.61 Å². The molecule has 0 heterocycles. The number of aliphatic hydroxyl groups is 1. The highest BCUT2D eigenvalue weighted by Crippen LogP contribution is 2.32. The summed E-state index contributed by atoms with van der Waals surface area (Å²) in [7, 11) is 0. The summed E-state index contributed by atoms with van der Waals surface area (Å²) in [5.74, 6) is -0.205. The van der Waals surface area contributed by atoms with Gasteiger partial charge in [-0.2, -0.15) is 0 Å². The van der Waals surface area contributed by atoms with Crippen LogP contribution in [0.25, 0.3) is 0 Å². The van der Waals surface area contributed by atoms with Gasteiger partial charge in [0.15, 0.2) is 11.6 Å². The van der Waals surface area contributed by atoms with Crippen LogP contribution in [0.3, 0.4) is 0 Å². The summed E-state index contributed by atoms with van der Waals surface area (Å²) in [6.07, 6.45) is 0.602. The first-order valence-corrected chi connectivity index (χ1v) is 7.39. The van der Waals surface area contributed by atoms with Crippen molar-refractivity contribution in [1.29, 1.82) is 0 Å². The number of ketones is 2. The standard InChI is InChI=1S/C19H18O3/c1-19(2,9-10-20)12-7-8-15-16(11-12)18(22)14-6-4-3-5-13(14)17(15)21/h3-8,11,20H,9-10H2,1-2H3. The van der Waals surface area contributed by atoms with Crippen molar-refractivity contribution in [1.82, 2.24) is 0 Å².